The molecule has 2 nitrogen and oxygen atoms in total. The molecule has 1 N–H and O–H groups in total. The fourth-order valence-electron chi connectivity index (χ4n) is 2.28. The van der Waals surface area contributed by atoms with E-state index in [9.17, 15) is 0 Å². The van der Waals surface area contributed by atoms with Crippen molar-refractivity contribution in [1.29, 1.82) is 0 Å². The Labute approximate surface area is 99.9 Å². The van der Waals surface area contributed by atoms with Gasteiger partial charge >= 0.3 is 0 Å². The Balaban J connectivity index is 2.05. The topological polar surface area (TPSA) is 15.3 Å². The number of aryl methyl sites for hydroxylation is 1. The quantitative estimate of drug-likeness (QED) is 0.813. The summed E-state index contributed by atoms with van der Waals surface area (Å²) in [5, 5.41) is 7.12. The fraction of sp³-hybridized carbons (Fsp3) is 0.385. The molecule has 3 rings (SSSR count). The van der Waals surface area contributed by atoms with E-state index < -0.39 is 0 Å². The molecule has 0 amide bonds. The molecule has 2 heterocycles. The summed E-state index contributed by atoms with van der Waals surface area (Å²) in [6.07, 6.45) is 0. The Morgan fingerprint density at radius 2 is 2.06 bits per heavy atom. The van der Waals surface area contributed by atoms with E-state index in [0.29, 0.717) is 0 Å². The van der Waals surface area contributed by atoms with Crippen molar-refractivity contribution in [1.82, 2.24) is 5.32 Å². The Morgan fingerprint density at radius 3 is 2.88 bits per heavy atom. The van der Waals surface area contributed by atoms with Crippen LogP contribution >= 0.6 is 11.3 Å². The monoisotopic (exact) mass is 232 g/mol. The molecule has 1 aromatic carbocycles. The number of piperazine rings is 1. The molecule has 1 saturated heterocycles. The van der Waals surface area contributed by atoms with Crippen molar-refractivity contribution in [3.8, 4) is 0 Å². The van der Waals surface area contributed by atoms with Crippen LogP contribution in [-0.2, 0) is 0 Å². The summed E-state index contributed by atoms with van der Waals surface area (Å²) in [5.74, 6) is 0. The van der Waals surface area contributed by atoms with Gasteiger partial charge in [0.2, 0.25) is 0 Å². The van der Waals surface area contributed by atoms with Crippen molar-refractivity contribution in [2.75, 3.05) is 31.1 Å². The van der Waals surface area contributed by atoms with E-state index in [1.807, 2.05) is 11.3 Å². The van der Waals surface area contributed by atoms with Crippen LogP contribution in [0.15, 0.2) is 23.6 Å². The highest BCUT2D eigenvalue weighted by molar-refractivity contribution is 7.17. The molecule has 0 atom stereocenters. The van der Waals surface area contributed by atoms with E-state index in [1.54, 1.807) is 0 Å². The fourth-order valence-corrected chi connectivity index (χ4v) is 3.23. The predicted octanol–water partition coefficient (Wildman–Crippen LogP) is 2.62. The van der Waals surface area contributed by atoms with E-state index in [0.717, 1.165) is 26.2 Å². The molecule has 0 radical (unpaired) electrons. The van der Waals surface area contributed by atoms with Gasteiger partial charge in [0.15, 0.2) is 0 Å². The third kappa shape index (κ3) is 1.70. The first kappa shape index (κ1) is 10.1. The minimum absolute atomic E-state index is 1.10. The Bertz CT molecular complexity index is 498. The Hall–Kier alpha value is -1.06. The molecule has 0 saturated carbocycles. The van der Waals surface area contributed by atoms with Crippen LogP contribution in [0.2, 0.25) is 0 Å². The van der Waals surface area contributed by atoms with Crippen LogP contribution in [0.25, 0.3) is 10.1 Å². The highest BCUT2D eigenvalue weighted by Crippen LogP contribution is 2.33. The van der Waals surface area contributed by atoms with Crippen LogP contribution < -0.4 is 10.2 Å². The number of anilines is 1. The standard InChI is InChI=1S/C13H16N2S/c1-10-2-3-13-11(8-10)12(9-16-13)15-6-4-14-5-7-15/h2-3,8-9,14H,4-7H2,1H3. The average molecular weight is 232 g/mol. The van der Waals surface area contributed by atoms with Crippen LogP contribution in [0.5, 0.6) is 0 Å². The molecule has 0 bridgehead atoms. The SMILES string of the molecule is Cc1ccc2scc(N3CCNCC3)c2c1. The number of rotatable bonds is 1. The summed E-state index contributed by atoms with van der Waals surface area (Å²) < 4.78 is 1.40. The highest BCUT2D eigenvalue weighted by atomic mass is 32.1. The van der Waals surface area contributed by atoms with Gasteiger partial charge in [0.05, 0.1) is 5.69 Å². The number of fused-ring (bicyclic) bond motifs is 1. The molecule has 1 fully saturated rings. The lowest BCUT2D eigenvalue weighted by Crippen LogP contribution is -2.43. The maximum absolute atomic E-state index is 3.40. The van der Waals surface area contributed by atoms with Crippen LogP contribution in [0.1, 0.15) is 5.56 Å². The lowest BCUT2D eigenvalue weighted by Gasteiger charge is -2.28. The summed E-state index contributed by atoms with van der Waals surface area (Å²) in [4.78, 5) is 2.49. The second-order valence-corrected chi connectivity index (χ2v) is 5.27. The summed E-state index contributed by atoms with van der Waals surface area (Å²) in [5.41, 5.74) is 2.77. The van der Waals surface area contributed by atoms with Crippen LogP contribution in [-0.4, -0.2) is 26.2 Å². The lowest BCUT2D eigenvalue weighted by molar-refractivity contribution is 0.591. The third-order valence-corrected chi connectivity index (χ3v) is 4.12. The molecule has 1 aliphatic rings. The maximum Gasteiger partial charge on any atom is 0.0555 e. The first-order chi connectivity index (χ1) is 7.84. The number of hydrogen-bond donors (Lipinski definition) is 1. The van der Waals surface area contributed by atoms with E-state index in [2.05, 4.69) is 40.7 Å². The van der Waals surface area contributed by atoms with Gasteiger partial charge in [0.25, 0.3) is 0 Å². The van der Waals surface area contributed by atoms with E-state index >= 15 is 0 Å². The van der Waals surface area contributed by atoms with Gasteiger partial charge in [-0.15, -0.1) is 11.3 Å². The molecule has 84 valence electrons. The highest BCUT2D eigenvalue weighted by Gasteiger charge is 2.14. The zero-order chi connectivity index (χ0) is 11.0. The van der Waals surface area contributed by atoms with Gasteiger partial charge in [0.1, 0.15) is 0 Å². The summed E-state index contributed by atoms with van der Waals surface area (Å²) in [6.45, 7) is 6.62. The number of nitrogens with one attached hydrogen (secondary N) is 1. The van der Waals surface area contributed by atoms with E-state index in [-0.39, 0.29) is 0 Å². The van der Waals surface area contributed by atoms with Crippen LogP contribution in [0.4, 0.5) is 5.69 Å². The van der Waals surface area contributed by atoms with Gasteiger partial charge in [-0.2, -0.15) is 0 Å². The molecule has 2 aromatic rings. The van der Waals surface area contributed by atoms with Crippen molar-refractivity contribution in [2.45, 2.75) is 6.92 Å². The van der Waals surface area contributed by atoms with E-state index in [4.69, 9.17) is 0 Å². The molecule has 0 unspecified atom stereocenters. The van der Waals surface area contributed by atoms with Crippen molar-refractivity contribution in [3.05, 3.63) is 29.1 Å². The second-order valence-electron chi connectivity index (χ2n) is 4.36. The molecular weight excluding hydrogens is 216 g/mol. The van der Waals surface area contributed by atoms with Gasteiger partial charge < -0.3 is 10.2 Å². The summed E-state index contributed by atoms with van der Waals surface area (Å²) in [7, 11) is 0. The molecule has 0 spiro atoms. The minimum Gasteiger partial charge on any atom is -0.368 e. The minimum atomic E-state index is 1.10. The number of benzene rings is 1. The van der Waals surface area contributed by atoms with Gasteiger partial charge in [-0.1, -0.05) is 11.6 Å². The Kier molecular flexibility index (Phi) is 2.58. The van der Waals surface area contributed by atoms with Crippen molar-refractivity contribution in [3.63, 3.8) is 0 Å². The summed E-state index contributed by atoms with van der Waals surface area (Å²) in [6, 6.07) is 6.74. The normalized spacial score (nSPS) is 16.9. The number of hydrogen-bond acceptors (Lipinski definition) is 3. The predicted molar refractivity (Wildman–Crippen MR) is 71.6 cm³/mol. The van der Waals surface area contributed by atoms with Gasteiger partial charge in [-0.3, -0.25) is 0 Å². The molecule has 1 aliphatic heterocycles. The van der Waals surface area contributed by atoms with Crippen molar-refractivity contribution < 1.29 is 0 Å². The number of thiophene rings is 1. The first-order valence-electron chi connectivity index (χ1n) is 5.78. The van der Waals surface area contributed by atoms with Gasteiger partial charge in [-0.25, -0.2) is 0 Å². The second kappa shape index (κ2) is 4.07. The smallest absolute Gasteiger partial charge is 0.0555 e. The molecule has 1 aromatic heterocycles. The van der Waals surface area contributed by atoms with Gasteiger partial charge in [-0.05, 0) is 19.1 Å². The van der Waals surface area contributed by atoms with Gasteiger partial charge in [0, 0.05) is 41.6 Å². The number of nitrogens with zero attached hydrogens (tertiary/aromatic N) is 1. The lowest BCUT2D eigenvalue weighted by atomic mass is 10.1. The summed E-state index contributed by atoms with van der Waals surface area (Å²) >= 11 is 1.85. The maximum atomic E-state index is 3.40. The third-order valence-electron chi connectivity index (χ3n) is 3.17. The van der Waals surface area contributed by atoms with Crippen LogP contribution in [0.3, 0.4) is 0 Å². The largest absolute Gasteiger partial charge is 0.368 e. The Morgan fingerprint density at radius 1 is 1.25 bits per heavy atom. The zero-order valence-electron chi connectivity index (χ0n) is 9.49. The van der Waals surface area contributed by atoms with E-state index in [1.165, 1.54) is 21.3 Å². The average Bonchev–Trinajstić information content (AvgIpc) is 2.73. The zero-order valence-corrected chi connectivity index (χ0v) is 10.3. The van der Waals surface area contributed by atoms with Crippen molar-refractivity contribution in [2.24, 2.45) is 0 Å². The van der Waals surface area contributed by atoms with Crippen LogP contribution in [0, 0.1) is 6.92 Å². The van der Waals surface area contributed by atoms with Crippen molar-refractivity contribution >= 4 is 27.1 Å². The molecule has 16 heavy (non-hydrogen) atoms. The molecular formula is C13H16N2S. The molecule has 3 heteroatoms. The molecule has 0 aliphatic carbocycles. The first-order valence-corrected chi connectivity index (χ1v) is 6.66.